The Labute approximate surface area is 198 Å². The van der Waals surface area contributed by atoms with Crippen molar-refractivity contribution in [3.8, 4) is 51.7 Å². The Morgan fingerprint density at radius 1 is 0.800 bits per heavy atom. The number of aromatic hydroxyl groups is 6. The Balaban J connectivity index is 1.74. The molecule has 1 aliphatic rings. The van der Waals surface area contributed by atoms with Crippen molar-refractivity contribution in [1.29, 1.82) is 0 Å². The van der Waals surface area contributed by atoms with Crippen molar-refractivity contribution in [2.75, 3.05) is 14.2 Å². The van der Waals surface area contributed by atoms with Crippen LogP contribution in [0.25, 0.3) is 0 Å². The van der Waals surface area contributed by atoms with Gasteiger partial charge in [0.25, 0.3) is 0 Å². The van der Waals surface area contributed by atoms with Gasteiger partial charge in [0, 0.05) is 29.7 Å². The third-order valence-electron chi connectivity index (χ3n) is 5.52. The lowest BCUT2D eigenvalue weighted by atomic mass is 9.93. The van der Waals surface area contributed by atoms with Crippen LogP contribution in [-0.2, 0) is 11.2 Å². The third-order valence-corrected chi connectivity index (χ3v) is 5.52. The summed E-state index contributed by atoms with van der Waals surface area (Å²) in [6.07, 6.45) is -2.28. The molecule has 3 aromatic rings. The quantitative estimate of drug-likeness (QED) is 0.293. The smallest absolute Gasteiger partial charge is 0.338 e. The largest absolute Gasteiger partial charge is 0.508 e. The van der Waals surface area contributed by atoms with Gasteiger partial charge in [-0.25, -0.2) is 4.79 Å². The maximum atomic E-state index is 12.9. The second kappa shape index (κ2) is 8.93. The molecule has 3 aromatic carbocycles. The number of ether oxygens (including phenoxy) is 4. The van der Waals surface area contributed by atoms with Crippen LogP contribution in [0.4, 0.5) is 0 Å². The van der Waals surface area contributed by atoms with E-state index < -0.39 is 41.2 Å². The Bertz CT molecular complexity index is 1250. The lowest BCUT2D eigenvalue weighted by molar-refractivity contribution is -0.0189. The van der Waals surface area contributed by atoms with Crippen molar-refractivity contribution in [2.45, 2.75) is 18.6 Å². The lowest BCUT2D eigenvalue weighted by Gasteiger charge is -2.34. The molecule has 0 spiro atoms. The number of hydrogen-bond donors (Lipinski definition) is 6. The number of methoxy groups -OCH3 is 2. The summed E-state index contributed by atoms with van der Waals surface area (Å²) >= 11 is 0. The van der Waals surface area contributed by atoms with Crippen LogP contribution in [0.3, 0.4) is 0 Å². The number of rotatable bonds is 5. The summed E-state index contributed by atoms with van der Waals surface area (Å²) in [6.45, 7) is 0. The van der Waals surface area contributed by atoms with Crippen LogP contribution in [-0.4, -0.2) is 56.9 Å². The summed E-state index contributed by atoms with van der Waals surface area (Å²) < 4.78 is 21.3. The Hall–Kier alpha value is -4.67. The number of benzene rings is 3. The molecule has 2 atom stereocenters. The normalized spacial score (nSPS) is 16.6. The summed E-state index contributed by atoms with van der Waals surface area (Å²) in [5.41, 5.74) is 0.257. The van der Waals surface area contributed by atoms with Gasteiger partial charge in [0.2, 0.25) is 11.5 Å². The van der Waals surface area contributed by atoms with Crippen LogP contribution >= 0.6 is 0 Å². The highest BCUT2D eigenvalue weighted by Crippen LogP contribution is 2.46. The van der Waals surface area contributed by atoms with E-state index in [-0.39, 0.29) is 51.9 Å². The highest BCUT2D eigenvalue weighted by Gasteiger charge is 2.37. The van der Waals surface area contributed by atoms with Crippen LogP contribution in [0.1, 0.15) is 27.6 Å². The van der Waals surface area contributed by atoms with E-state index in [0.29, 0.717) is 0 Å². The van der Waals surface area contributed by atoms with Crippen LogP contribution in [0.5, 0.6) is 51.7 Å². The van der Waals surface area contributed by atoms with Gasteiger partial charge in [0.05, 0.1) is 19.8 Å². The van der Waals surface area contributed by atoms with Gasteiger partial charge in [-0.1, -0.05) is 0 Å². The van der Waals surface area contributed by atoms with Gasteiger partial charge in [0.1, 0.15) is 23.4 Å². The Morgan fingerprint density at radius 3 is 1.89 bits per heavy atom. The maximum absolute atomic E-state index is 12.9. The zero-order valence-corrected chi connectivity index (χ0v) is 18.6. The molecule has 11 heteroatoms. The summed E-state index contributed by atoms with van der Waals surface area (Å²) in [6, 6.07) is 6.97. The van der Waals surface area contributed by atoms with Gasteiger partial charge in [-0.3, -0.25) is 0 Å². The number of carbonyl (C=O) groups is 1. The molecule has 184 valence electrons. The lowest BCUT2D eigenvalue weighted by Crippen LogP contribution is -2.34. The van der Waals surface area contributed by atoms with Gasteiger partial charge in [-0.15, -0.1) is 0 Å². The monoisotopic (exact) mass is 485 g/mol. The Kier molecular flexibility index (Phi) is 6.00. The molecule has 1 aliphatic heterocycles. The zero-order valence-electron chi connectivity index (χ0n) is 18.6. The highest BCUT2D eigenvalue weighted by atomic mass is 16.6. The molecule has 4 rings (SSSR count). The molecule has 0 aliphatic carbocycles. The van der Waals surface area contributed by atoms with E-state index in [2.05, 4.69) is 0 Å². The van der Waals surface area contributed by atoms with E-state index in [4.69, 9.17) is 18.9 Å². The highest BCUT2D eigenvalue weighted by molar-refractivity contribution is 5.91. The molecule has 11 nitrogen and oxygen atoms in total. The molecule has 0 saturated heterocycles. The fourth-order valence-electron chi connectivity index (χ4n) is 3.96. The van der Waals surface area contributed by atoms with Crippen molar-refractivity contribution in [3.63, 3.8) is 0 Å². The number of hydrogen-bond acceptors (Lipinski definition) is 11. The van der Waals surface area contributed by atoms with Crippen molar-refractivity contribution in [2.24, 2.45) is 0 Å². The van der Waals surface area contributed by atoms with Crippen molar-refractivity contribution < 1.29 is 54.4 Å². The minimum absolute atomic E-state index is 0.0699. The van der Waals surface area contributed by atoms with Gasteiger partial charge in [-0.05, 0) is 24.3 Å². The van der Waals surface area contributed by atoms with Gasteiger partial charge >= 0.3 is 5.97 Å². The number of carbonyl (C=O) groups excluding carboxylic acids is 1. The zero-order chi connectivity index (χ0) is 25.4. The molecule has 0 bridgehead atoms. The molecule has 35 heavy (non-hydrogen) atoms. The minimum Gasteiger partial charge on any atom is -0.508 e. The minimum atomic E-state index is -1.11. The number of phenolic OH excluding ortho intramolecular Hbond substituents is 6. The second-order valence-corrected chi connectivity index (χ2v) is 7.77. The maximum Gasteiger partial charge on any atom is 0.338 e. The predicted octanol–water partition coefficient (Wildman–Crippen LogP) is 2.84. The average molecular weight is 485 g/mol. The SMILES string of the molecule is COc1c(O)cc(C(=O)O[C@@H]2Cc3c(O)cc(O)cc3O[C@@H]2c2cc(O)c(O[11CH3])c(O)c2)cc1O. The fraction of sp³-hybridized carbons (Fsp3) is 0.208. The summed E-state index contributed by atoms with van der Waals surface area (Å²) in [4.78, 5) is 12.9. The summed E-state index contributed by atoms with van der Waals surface area (Å²) in [5, 5.41) is 60.7. The van der Waals surface area contributed by atoms with Gasteiger partial charge < -0.3 is 49.6 Å². The topological polar surface area (TPSA) is 175 Å². The van der Waals surface area contributed by atoms with E-state index in [9.17, 15) is 35.4 Å². The summed E-state index contributed by atoms with van der Waals surface area (Å²) in [7, 11) is 2.50. The van der Waals surface area contributed by atoms with Crippen LogP contribution in [0.2, 0.25) is 0 Å². The molecule has 0 radical (unpaired) electrons. The standard InChI is InChI=1S/C24H22O11/c1-32-22-15(27)3-10(4-16(22)28)21-20(9-13-14(26)7-12(25)8-19(13)34-21)35-24(31)11-5-17(29)23(33-2)18(30)6-11/h3-8,20-21,25-30H,9H2,1-2H3/t20-,21-/m1/s1/i1-1. The Morgan fingerprint density at radius 2 is 1.34 bits per heavy atom. The number of fused-ring (bicyclic) bond motifs is 1. The van der Waals surface area contributed by atoms with Crippen LogP contribution in [0, 0.1) is 0 Å². The van der Waals surface area contributed by atoms with Gasteiger partial charge in [0.15, 0.2) is 29.1 Å². The number of phenols is 6. The molecule has 0 fully saturated rings. The van der Waals surface area contributed by atoms with E-state index in [0.717, 1.165) is 18.2 Å². The van der Waals surface area contributed by atoms with Crippen LogP contribution < -0.4 is 14.2 Å². The van der Waals surface area contributed by atoms with E-state index in [1.807, 2.05) is 0 Å². The fourth-order valence-corrected chi connectivity index (χ4v) is 3.96. The molecule has 6 N–H and O–H groups in total. The van der Waals surface area contributed by atoms with Crippen molar-refractivity contribution in [1.82, 2.24) is 0 Å². The van der Waals surface area contributed by atoms with Crippen LogP contribution in [0.15, 0.2) is 36.4 Å². The van der Waals surface area contributed by atoms with Crippen molar-refractivity contribution in [3.05, 3.63) is 53.1 Å². The number of esters is 1. The average Bonchev–Trinajstić information content (AvgIpc) is 2.78. The first kappa shape index (κ1) is 23.5. The second-order valence-electron chi connectivity index (χ2n) is 7.77. The molecular weight excluding hydrogens is 463 g/mol. The molecular formula is C24H22O11. The first-order chi connectivity index (χ1) is 16.6. The van der Waals surface area contributed by atoms with E-state index >= 15 is 0 Å². The van der Waals surface area contributed by atoms with Crippen molar-refractivity contribution >= 4 is 5.97 Å². The predicted molar refractivity (Wildman–Crippen MR) is 119 cm³/mol. The van der Waals surface area contributed by atoms with E-state index in [1.54, 1.807) is 0 Å². The third kappa shape index (κ3) is 4.31. The molecule has 1 heterocycles. The van der Waals surface area contributed by atoms with E-state index in [1.165, 1.54) is 32.4 Å². The first-order valence-electron chi connectivity index (χ1n) is 10.2. The molecule has 0 unspecified atom stereocenters. The first-order valence-corrected chi connectivity index (χ1v) is 10.2. The van der Waals surface area contributed by atoms with Gasteiger partial charge in [-0.2, -0.15) is 0 Å². The molecule has 0 aromatic heterocycles. The molecule has 0 saturated carbocycles. The summed E-state index contributed by atoms with van der Waals surface area (Å²) in [5.74, 6) is -3.55. The molecule has 0 amide bonds.